The standard InChI is InChI=1S/C16H22N2/c1-14(15-5-3-2-4-6-15)7-12-18-13-16(8-9-16)10-11-17/h2-6,14,18H,7-10,12-13H2,1H3. The lowest BCUT2D eigenvalue weighted by Crippen LogP contribution is -2.25. The molecule has 2 heteroatoms. The number of benzene rings is 1. The number of nitrogens with zero attached hydrogens (tertiary/aromatic N) is 1. The largest absolute Gasteiger partial charge is 0.316 e. The van der Waals surface area contributed by atoms with Crippen molar-refractivity contribution < 1.29 is 0 Å². The molecule has 0 heterocycles. The van der Waals surface area contributed by atoms with E-state index < -0.39 is 0 Å². The molecule has 1 aliphatic rings. The summed E-state index contributed by atoms with van der Waals surface area (Å²) in [6, 6.07) is 13.0. The third kappa shape index (κ3) is 3.58. The highest BCUT2D eigenvalue weighted by molar-refractivity contribution is 5.18. The van der Waals surface area contributed by atoms with Gasteiger partial charge in [0, 0.05) is 13.0 Å². The molecule has 1 atom stereocenters. The Bertz CT molecular complexity index is 401. The summed E-state index contributed by atoms with van der Waals surface area (Å²) in [6.45, 7) is 4.34. The minimum absolute atomic E-state index is 0.324. The van der Waals surface area contributed by atoms with Crippen LogP contribution in [0, 0.1) is 16.7 Å². The molecule has 1 unspecified atom stereocenters. The molecule has 0 amide bonds. The summed E-state index contributed by atoms with van der Waals surface area (Å²) in [5.41, 5.74) is 1.74. The second-order valence-electron chi connectivity index (χ2n) is 5.61. The highest BCUT2D eigenvalue weighted by Crippen LogP contribution is 2.47. The zero-order chi connectivity index (χ0) is 12.8. The van der Waals surface area contributed by atoms with E-state index in [1.807, 2.05) is 0 Å². The molecule has 96 valence electrons. The van der Waals surface area contributed by atoms with Crippen LogP contribution in [0.15, 0.2) is 30.3 Å². The lowest BCUT2D eigenvalue weighted by molar-refractivity contribution is 0.456. The van der Waals surface area contributed by atoms with Crippen molar-refractivity contribution in [1.82, 2.24) is 5.32 Å². The van der Waals surface area contributed by atoms with E-state index in [9.17, 15) is 0 Å². The van der Waals surface area contributed by atoms with Crippen molar-refractivity contribution in [3.8, 4) is 6.07 Å². The van der Waals surface area contributed by atoms with Crippen molar-refractivity contribution >= 4 is 0 Å². The van der Waals surface area contributed by atoms with E-state index in [4.69, 9.17) is 5.26 Å². The van der Waals surface area contributed by atoms with Crippen LogP contribution in [0.25, 0.3) is 0 Å². The van der Waals surface area contributed by atoms with Gasteiger partial charge in [-0.05, 0) is 42.7 Å². The van der Waals surface area contributed by atoms with Crippen LogP contribution in [0.1, 0.15) is 44.1 Å². The molecule has 2 nitrogen and oxygen atoms in total. The van der Waals surface area contributed by atoms with E-state index in [2.05, 4.69) is 48.6 Å². The molecule has 1 N–H and O–H groups in total. The summed E-state index contributed by atoms with van der Waals surface area (Å²) in [5, 5.41) is 12.3. The van der Waals surface area contributed by atoms with Gasteiger partial charge in [0.1, 0.15) is 0 Å². The van der Waals surface area contributed by atoms with Crippen LogP contribution < -0.4 is 5.32 Å². The smallest absolute Gasteiger partial charge is 0.0628 e. The molecule has 1 aromatic rings. The molecule has 0 spiro atoms. The van der Waals surface area contributed by atoms with Crippen molar-refractivity contribution in [2.45, 2.75) is 38.5 Å². The van der Waals surface area contributed by atoms with Gasteiger partial charge in [-0.25, -0.2) is 0 Å². The Morgan fingerprint density at radius 2 is 2.06 bits per heavy atom. The van der Waals surface area contributed by atoms with Gasteiger partial charge in [-0.3, -0.25) is 0 Å². The quantitative estimate of drug-likeness (QED) is 0.743. The number of nitrogens with one attached hydrogen (secondary N) is 1. The monoisotopic (exact) mass is 242 g/mol. The van der Waals surface area contributed by atoms with Crippen LogP contribution in [0.4, 0.5) is 0 Å². The van der Waals surface area contributed by atoms with Gasteiger partial charge >= 0.3 is 0 Å². The Morgan fingerprint density at radius 3 is 2.67 bits per heavy atom. The van der Waals surface area contributed by atoms with Crippen LogP contribution in [0.3, 0.4) is 0 Å². The number of nitriles is 1. The lowest BCUT2D eigenvalue weighted by atomic mass is 9.97. The predicted molar refractivity (Wildman–Crippen MR) is 74.2 cm³/mol. The van der Waals surface area contributed by atoms with Crippen molar-refractivity contribution in [2.75, 3.05) is 13.1 Å². The first-order valence-corrected chi connectivity index (χ1v) is 6.88. The summed E-state index contributed by atoms with van der Waals surface area (Å²) in [5.74, 6) is 0.602. The van der Waals surface area contributed by atoms with Crippen molar-refractivity contribution in [3.63, 3.8) is 0 Å². The molecule has 0 radical (unpaired) electrons. The fourth-order valence-electron chi connectivity index (χ4n) is 2.38. The van der Waals surface area contributed by atoms with E-state index in [0.717, 1.165) is 19.5 Å². The molecule has 18 heavy (non-hydrogen) atoms. The Kier molecular flexibility index (Phi) is 4.38. The first kappa shape index (κ1) is 13.1. The number of rotatable bonds is 7. The fourth-order valence-corrected chi connectivity index (χ4v) is 2.38. The molecule has 0 bridgehead atoms. The van der Waals surface area contributed by atoms with Gasteiger partial charge in [0.2, 0.25) is 0 Å². The van der Waals surface area contributed by atoms with Crippen molar-refractivity contribution in [2.24, 2.45) is 5.41 Å². The zero-order valence-electron chi connectivity index (χ0n) is 11.2. The maximum absolute atomic E-state index is 8.76. The van der Waals surface area contributed by atoms with E-state index in [0.29, 0.717) is 17.8 Å². The van der Waals surface area contributed by atoms with Crippen LogP contribution in [0.2, 0.25) is 0 Å². The molecular formula is C16H22N2. The molecule has 1 aliphatic carbocycles. The maximum Gasteiger partial charge on any atom is 0.0628 e. The molecular weight excluding hydrogens is 220 g/mol. The molecule has 0 saturated heterocycles. The van der Waals surface area contributed by atoms with E-state index >= 15 is 0 Å². The van der Waals surface area contributed by atoms with Crippen LogP contribution >= 0.6 is 0 Å². The Balaban J connectivity index is 1.66. The summed E-state index contributed by atoms with van der Waals surface area (Å²) < 4.78 is 0. The van der Waals surface area contributed by atoms with Gasteiger partial charge in [-0.1, -0.05) is 37.3 Å². The molecule has 1 aromatic carbocycles. The molecule has 1 fully saturated rings. The van der Waals surface area contributed by atoms with E-state index in [1.54, 1.807) is 0 Å². The second-order valence-corrected chi connectivity index (χ2v) is 5.61. The van der Waals surface area contributed by atoms with E-state index in [-0.39, 0.29) is 0 Å². The summed E-state index contributed by atoms with van der Waals surface area (Å²) >= 11 is 0. The first-order valence-electron chi connectivity index (χ1n) is 6.88. The van der Waals surface area contributed by atoms with Crippen LogP contribution in [0.5, 0.6) is 0 Å². The highest BCUT2D eigenvalue weighted by Gasteiger charge is 2.41. The average Bonchev–Trinajstić information content (AvgIpc) is 3.16. The third-order valence-corrected chi connectivity index (χ3v) is 4.03. The minimum Gasteiger partial charge on any atom is -0.316 e. The minimum atomic E-state index is 0.324. The predicted octanol–water partition coefficient (Wildman–Crippen LogP) is 3.46. The Labute approximate surface area is 110 Å². The molecule has 0 aromatic heterocycles. The maximum atomic E-state index is 8.76. The Hall–Kier alpha value is -1.33. The van der Waals surface area contributed by atoms with Gasteiger partial charge in [-0.2, -0.15) is 5.26 Å². The first-order chi connectivity index (χ1) is 8.76. The van der Waals surface area contributed by atoms with Gasteiger partial charge in [-0.15, -0.1) is 0 Å². The van der Waals surface area contributed by atoms with E-state index in [1.165, 1.54) is 18.4 Å². The topological polar surface area (TPSA) is 35.8 Å². The van der Waals surface area contributed by atoms with Crippen LogP contribution in [-0.2, 0) is 0 Å². The fraction of sp³-hybridized carbons (Fsp3) is 0.562. The Morgan fingerprint density at radius 1 is 1.33 bits per heavy atom. The molecule has 0 aliphatic heterocycles. The summed E-state index contributed by atoms with van der Waals surface area (Å²) in [4.78, 5) is 0. The second kappa shape index (κ2) is 6.02. The van der Waals surface area contributed by atoms with Gasteiger partial charge in [0.25, 0.3) is 0 Å². The summed E-state index contributed by atoms with van der Waals surface area (Å²) in [7, 11) is 0. The SMILES string of the molecule is CC(CCNCC1(CC#N)CC1)c1ccccc1. The molecule has 2 rings (SSSR count). The molecule has 1 saturated carbocycles. The van der Waals surface area contributed by atoms with Gasteiger partial charge in [0.05, 0.1) is 6.07 Å². The lowest BCUT2D eigenvalue weighted by Gasteiger charge is -2.15. The number of hydrogen-bond acceptors (Lipinski definition) is 2. The highest BCUT2D eigenvalue weighted by atomic mass is 14.9. The zero-order valence-corrected chi connectivity index (χ0v) is 11.2. The van der Waals surface area contributed by atoms with Crippen molar-refractivity contribution in [1.29, 1.82) is 5.26 Å². The van der Waals surface area contributed by atoms with Crippen molar-refractivity contribution in [3.05, 3.63) is 35.9 Å². The average molecular weight is 242 g/mol. The van der Waals surface area contributed by atoms with Crippen LogP contribution in [-0.4, -0.2) is 13.1 Å². The van der Waals surface area contributed by atoms with Gasteiger partial charge < -0.3 is 5.32 Å². The normalized spacial score (nSPS) is 18.0. The third-order valence-electron chi connectivity index (χ3n) is 4.03. The van der Waals surface area contributed by atoms with Gasteiger partial charge in [0.15, 0.2) is 0 Å². The summed E-state index contributed by atoms with van der Waals surface area (Å²) in [6.07, 6.45) is 4.32. The number of hydrogen-bond donors (Lipinski definition) is 1.